The topological polar surface area (TPSA) is 29.1 Å². The Morgan fingerprint density at radius 2 is 1.60 bits per heavy atom. The van der Waals surface area contributed by atoms with Crippen molar-refractivity contribution >= 4 is 11.5 Å². The van der Waals surface area contributed by atoms with Gasteiger partial charge in [-0.3, -0.25) is 4.79 Å². The van der Waals surface area contributed by atoms with Crippen LogP contribution in [0.5, 0.6) is 0 Å². The Labute approximate surface area is 120 Å². The van der Waals surface area contributed by atoms with E-state index in [9.17, 15) is 4.79 Å². The van der Waals surface area contributed by atoms with Crippen molar-refractivity contribution in [2.75, 3.05) is 11.9 Å². The summed E-state index contributed by atoms with van der Waals surface area (Å²) in [6, 6.07) is 14.1. The third-order valence-electron chi connectivity index (χ3n) is 3.36. The van der Waals surface area contributed by atoms with E-state index in [0.29, 0.717) is 6.54 Å². The molecule has 0 bridgehead atoms. The van der Waals surface area contributed by atoms with Gasteiger partial charge in [-0.2, -0.15) is 0 Å². The summed E-state index contributed by atoms with van der Waals surface area (Å²) in [5.74, 6) is 0.117. The summed E-state index contributed by atoms with van der Waals surface area (Å²) in [4.78, 5) is 12.1. The Morgan fingerprint density at radius 3 is 2.15 bits per heavy atom. The van der Waals surface area contributed by atoms with Gasteiger partial charge in [0, 0.05) is 11.3 Å². The molecule has 0 amide bonds. The number of carbonyl (C=O) groups excluding carboxylic acids is 1. The summed E-state index contributed by atoms with van der Waals surface area (Å²) in [7, 11) is 0. The maximum Gasteiger partial charge on any atom is 0.181 e. The number of hydrogen-bond donors (Lipinski definition) is 1. The second-order valence-electron chi connectivity index (χ2n) is 5.20. The van der Waals surface area contributed by atoms with Crippen molar-refractivity contribution in [3.8, 4) is 0 Å². The van der Waals surface area contributed by atoms with Crippen LogP contribution >= 0.6 is 0 Å². The number of carbonyl (C=O) groups is 1. The fourth-order valence-electron chi connectivity index (χ4n) is 2.29. The molecular formula is C18H21NO. The van der Waals surface area contributed by atoms with Gasteiger partial charge in [0.25, 0.3) is 0 Å². The highest BCUT2D eigenvalue weighted by Crippen LogP contribution is 2.14. The molecule has 1 N–H and O–H groups in total. The molecule has 0 radical (unpaired) electrons. The molecule has 2 nitrogen and oxygen atoms in total. The number of Topliss-reactive ketones (excluding diaryl/α,β-unsaturated/α-hetero) is 1. The standard InChI is InChI=1S/C18H21NO/c1-4-15-5-7-16(8-6-15)18(20)12-19-17-10-13(2)9-14(3)11-17/h5-11,19H,4,12H2,1-3H3. The molecule has 0 aliphatic carbocycles. The molecule has 0 atom stereocenters. The van der Waals surface area contributed by atoms with Crippen LogP contribution in [0.25, 0.3) is 0 Å². The summed E-state index contributed by atoms with van der Waals surface area (Å²) in [6.07, 6.45) is 0.995. The van der Waals surface area contributed by atoms with Crippen molar-refractivity contribution in [1.29, 1.82) is 0 Å². The van der Waals surface area contributed by atoms with Crippen LogP contribution in [0, 0.1) is 13.8 Å². The molecule has 0 saturated heterocycles. The van der Waals surface area contributed by atoms with E-state index in [1.54, 1.807) is 0 Å². The smallest absolute Gasteiger partial charge is 0.181 e. The van der Waals surface area contributed by atoms with Gasteiger partial charge in [-0.25, -0.2) is 0 Å². The highest BCUT2D eigenvalue weighted by atomic mass is 16.1. The van der Waals surface area contributed by atoms with Crippen molar-refractivity contribution in [1.82, 2.24) is 0 Å². The van der Waals surface area contributed by atoms with Crippen molar-refractivity contribution in [3.05, 3.63) is 64.7 Å². The second-order valence-corrected chi connectivity index (χ2v) is 5.20. The van der Waals surface area contributed by atoms with E-state index in [2.05, 4.69) is 44.3 Å². The minimum atomic E-state index is 0.117. The lowest BCUT2D eigenvalue weighted by Crippen LogP contribution is -2.14. The fourth-order valence-corrected chi connectivity index (χ4v) is 2.29. The summed E-state index contributed by atoms with van der Waals surface area (Å²) >= 11 is 0. The first-order valence-electron chi connectivity index (χ1n) is 7.03. The Hall–Kier alpha value is -2.09. The number of rotatable bonds is 5. The van der Waals surface area contributed by atoms with Crippen LogP contribution < -0.4 is 5.32 Å². The van der Waals surface area contributed by atoms with E-state index in [4.69, 9.17) is 0 Å². The van der Waals surface area contributed by atoms with Crippen molar-refractivity contribution in [3.63, 3.8) is 0 Å². The first kappa shape index (κ1) is 14.3. The van der Waals surface area contributed by atoms with Crippen molar-refractivity contribution < 1.29 is 4.79 Å². The van der Waals surface area contributed by atoms with Crippen LogP contribution in [0.15, 0.2) is 42.5 Å². The van der Waals surface area contributed by atoms with E-state index in [1.165, 1.54) is 16.7 Å². The molecular weight excluding hydrogens is 246 g/mol. The molecule has 0 aliphatic rings. The second kappa shape index (κ2) is 6.38. The summed E-state index contributed by atoms with van der Waals surface area (Å²) < 4.78 is 0. The van der Waals surface area contributed by atoms with Crippen LogP contribution in [0.2, 0.25) is 0 Å². The maximum atomic E-state index is 12.1. The predicted octanol–water partition coefficient (Wildman–Crippen LogP) is 4.16. The zero-order valence-electron chi connectivity index (χ0n) is 12.4. The number of hydrogen-bond acceptors (Lipinski definition) is 2. The Balaban J connectivity index is 2.00. The molecule has 20 heavy (non-hydrogen) atoms. The monoisotopic (exact) mass is 267 g/mol. The van der Waals surface area contributed by atoms with E-state index in [1.807, 2.05) is 24.3 Å². The van der Waals surface area contributed by atoms with E-state index >= 15 is 0 Å². The molecule has 0 fully saturated rings. The summed E-state index contributed by atoms with van der Waals surface area (Å²) in [5, 5.41) is 3.20. The van der Waals surface area contributed by atoms with E-state index in [-0.39, 0.29) is 5.78 Å². The van der Waals surface area contributed by atoms with Gasteiger partial charge in [-0.15, -0.1) is 0 Å². The molecule has 0 heterocycles. The number of aryl methyl sites for hydroxylation is 3. The van der Waals surface area contributed by atoms with Crippen LogP contribution in [-0.4, -0.2) is 12.3 Å². The molecule has 0 saturated carbocycles. The Morgan fingerprint density at radius 1 is 1.00 bits per heavy atom. The minimum absolute atomic E-state index is 0.117. The third-order valence-corrected chi connectivity index (χ3v) is 3.36. The lowest BCUT2D eigenvalue weighted by Gasteiger charge is -2.08. The van der Waals surface area contributed by atoms with Crippen molar-refractivity contribution in [2.45, 2.75) is 27.2 Å². The molecule has 0 aromatic heterocycles. The Bertz CT molecular complexity index is 579. The predicted molar refractivity (Wildman–Crippen MR) is 84.6 cm³/mol. The van der Waals surface area contributed by atoms with Crippen molar-refractivity contribution in [2.24, 2.45) is 0 Å². The molecule has 2 rings (SSSR count). The summed E-state index contributed by atoms with van der Waals surface area (Å²) in [5.41, 5.74) is 5.42. The molecule has 0 spiro atoms. The Kier molecular flexibility index (Phi) is 4.57. The van der Waals surface area contributed by atoms with Crippen LogP contribution in [-0.2, 0) is 6.42 Å². The molecule has 104 valence electrons. The van der Waals surface area contributed by atoms with Gasteiger partial charge in [-0.05, 0) is 49.1 Å². The first-order valence-corrected chi connectivity index (χ1v) is 7.03. The largest absolute Gasteiger partial charge is 0.378 e. The number of nitrogens with one attached hydrogen (secondary N) is 1. The van der Waals surface area contributed by atoms with Gasteiger partial charge in [-0.1, -0.05) is 37.3 Å². The van der Waals surface area contributed by atoms with Gasteiger partial charge < -0.3 is 5.32 Å². The number of ketones is 1. The number of anilines is 1. The molecule has 0 aliphatic heterocycles. The lowest BCUT2D eigenvalue weighted by molar-refractivity contribution is 0.101. The highest BCUT2D eigenvalue weighted by Gasteiger charge is 2.05. The quantitative estimate of drug-likeness (QED) is 0.824. The van der Waals surface area contributed by atoms with Gasteiger partial charge in [0.05, 0.1) is 6.54 Å². The van der Waals surface area contributed by atoms with Crippen LogP contribution in [0.4, 0.5) is 5.69 Å². The van der Waals surface area contributed by atoms with E-state index < -0.39 is 0 Å². The minimum Gasteiger partial charge on any atom is -0.378 e. The zero-order valence-corrected chi connectivity index (χ0v) is 12.4. The zero-order chi connectivity index (χ0) is 14.5. The molecule has 2 aromatic carbocycles. The SMILES string of the molecule is CCc1ccc(C(=O)CNc2cc(C)cc(C)c2)cc1. The molecule has 2 aromatic rings. The molecule has 0 unspecified atom stereocenters. The van der Waals surface area contributed by atoms with Crippen LogP contribution in [0.3, 0.4) is 0 Å². The average molecular weight is 267 g/mol. The van der Waals surface area contributed by atoms with Gasteiger partial charge >= 0.3 is 0 Å². The first-order chi connectivity index (χ1) is 9.58. The highest BCUT2D eigenvalue weighted by molar-refractivity contribution is 5.99. The fraction of sp³-hybridized carbons (Fsp3) is 0.278. The normalized spacial score (nSPS) is 10.3. The van der Waals surface area contributed by atoms with E-state index in [0.717, 1.165) is 17.7 Å². The molecule has 2 heteroatoms. The van der Waals surface area contributed by atoms with Gasteiger partial charge in [0.15, 0.2) is 5.78 Å². The van der Waals surface area contributed by atoms with Gasteiger partial charge in [0.2, 0.25) is 0 Å². The third kappa shape index (κ3) is 3.70. The lowest BCUT2D eigenvalue weighted by atomic mass is 10.1. The van der Waals surface area contributed by atoms with Gasteiger partial charge in [0.1, 0.15) is 0 Å². The van der Waals surface area contributed by atoms with Crippen LogP contribution in [0.1, 0.15) is 34.0 Å². The average Bonchev–Trinajstić information content (AvgIpc) is 2.44. The number of benzene rings is 2. The summed E-state index contributed by atoms with van der Waals surface area (Å²) in [6.45, 7) is 6.56. The maximum absolute atomic E-state index is 12.1.